The Balaban J connectivity index is 1.95. The summed E-state index contributed by atoms with van der Waals surface area (Å²) >= 11 is 0. The largest absolute Gasteiger partial charge is 0.396 e. The molecule has 0 bridgehead atoms. The fourth-order valence-corrected chi connectivity index (χ4v) is 3.11. The molecule has 112 valence electrons. The molecule has 1 aromatic rings. The van der Waals surface area contributed by atoms with Crippen molar-refractivity contribution in [2.45, 2.75) is 45.8 Å². The number of aliphatic hydroxyl groups excluding tert-OH is 1. The molecular formula is C17H28N2O. The predicted octanol–water partition coefficient (Wildman–Crippen LogP) is 2.27. The average Bonchev–Trinajstić information content (AvgIpc) is 2.42. The lowest BCUT2D eigenvalue weighted by molar-refractivity contribution is 0.0349. The molecule has 1 aliphatic heterocycles. The number of piperazine rings is 1. The van der Waals surface area contributed by atoms with Crippen LogP contribution in [0.25, 0.3) is 0 Å². The maximum absolute atomic E-state index is 9.28. The van der Waals surface area contributed by atoms with E-state index in [4.69, 9.17) is 0 Å². The van der Waals surface area contributed by atoms with Gasteiger partial charge in [0.15, 0.2) is 0 Å². The number of aryl methyl sites for hydroxylation is 1. The lowest BCUT2D eigenvalue weighted by Gasteiger charge is -2.43. The second-order valence-electron chi connectivity index (χ2n) is 6.22. The van der Waals surface area contributed by atoms with Crippen LogP contribution in [-0.4, -0.2) is 53.2 Å². The second kappa shape index (κ2) is 7.21. The Morgan fingerprint density at radius 2 is 1.90 bits per heavy atom. The highest BCUT2D eigenvalue weighted by Gasteiger charge is 2.27. The molecule has 1 aromatic carbocycles. The van der Waals surface area contributed by atoms with Crippen molar-refractivity contribution < 1.29 is 5.11 Å². The van der Waals surface area contributed by atoms with Crippen molar-refractivity contribution in [2.75, 3.05) is 26.2 Å². The molecule has 2 rings (SSSR count). The molecule has 0 radical (unpaired) electrons. The van der Waals surface area contributed by atoms with E-state index in [2.05, 4.69) is 54.8 Å². The van der Waals surface area contributed by atoms with Crippen molar-refractivity contribution >= 4 is 0 Å². The van der Waals surface area contributed by atoms with E-state index in [1.807, 2.05) is 0 Å². The lowest BCUT2D eigenvalue weighted by atomic mass is 10.1. The van der Waals surface area contributed by atoms with Crippen molar-refractivity contribution in [3.8, 4) is 0 Å². The third kappa shape index (κ3) is 4.05. The Bertz CT molecular complexity index is 402. The monoisotopic (exact) mass is 276 g/mol. The number of nitrogens with zero attached hydrogens (tertiary/aromatic N) is 2. The van der Waals surface area contributed by atoms with Gasteiger partial charge < -0.3 is 5.11 Å². The molecule has 1 aliphatic rings. The van der Waals surface area contributed by atoms with E-state index in [-0.39, 0.29) is 6.61 Å². The van der Waals surface area contributed by atoms with Crippen LogP contribution in [0.2, 0.25) is 0 Å². The SMILES string of the molecule is Cc1ccc(CN2CCN(C(C)C)C(CCO)C2)cc1. The quantitative estimate of drug-likeness (QED) is 0.894. The summed E-state index contributed by atoms with van der Waals surface area (Å²) in [5.74, 6) is 0. The van der Waals surface area contributed by atoms with Crippen LogP contribution in [0.4, 0.5) is 0 Å². The average molecular weight is 276 g/mol. The van der Waals surface area contributed by atoms with Crippen LogP contribution in [-0.2, 0) is 6.54 Å². The van der Waals surface area contributed by atoms with Crippen molar-refractivity contribution in [3.05, 3.63) is 35.4 Å². The van der Waals surface area contributed by atoms with Crippen LogP contribution >= 0.6 is 0 Å². The molecule has 3 heteroatoms. The van der Waals surface area contributed by atoms with E-state index in [1.165, 1.54) is 11.1 Å². The zero-order valence-corrected chi connectivity index (χ0v) is 13.0. The molecule has 0 saturated carbocycles. The molecule has 0 spiro atoms. The van der Waals surface area contributed by atoms with Crippen LogP contribution in [0.3, 0.4) is 0 Å². The van der Waals surface area contributed by atoms with Gasteiger partial charge in [-0.25, -0.2) is 0 Å². The minimum atomic E-state index is 0.284. The van der Waals surface area contributed by atoms with Crippen LogP contribution in [0.1, 0.15) is 31.4 Å². The van der Waals surface area contributed by atoms with Crippen molar-refractivity contribution in [2.24, 2.45) is 0 Å². The molecular weight excluding hydrogens is 248 g/mol. The third-order valence-corrected chi connectivity index (χ3v) is 4.26. The molecule has 0 aliphatic carbocycles. The van der Waals surface area contributed by atoms with Crippen molar-refractivity contribution in [1.29, 1.82) is 0 Å². The smallest absolute Gasteiger partial charge is 0.0446 e. The highest BCUT2D eigenvalue weighted by atomic mass is 16.3. The van der Waals surface area contributed by atoms with E-state index < -0.39 is 0 Å². The summed E-state index contributed by atoms with van der Waals surface area (Å²) in [5.41, 5.74) is 2.70. The summed E-state index contributed by atoms with van der Waals surface area (Å²) in [5, 5.41) is 9.28. The van der Waals surface area contributed by atoms with Gasteiger partial charge in [0.1, 0.15) is 0 Å². The maximum atomic E-state index is 9.28. The summed E-state index contributed by atoms with van der Waals surface area (Å²) < 4.78 is 0. The highest BCUT2D eigenvalue weighted by Crippen LogP contribution is 2.18. The van der Waals surface area contributed by atoms with Gasteiger partial charge in [-0.05, 0) is 32.8 Å². The summed E-state index contributed by atoms with van der Waals surface area (Å²) in [6.07, 6.45) is 0.878. The molecule has 1 N–H and O–H groups in total. The first-order valence-electron chi connectivity index (χ1n) is 7.74. The van der Waals surface area contributed by atoms with E-state index in [0.29, 0.717) is 12.1 Å². The minimum Gasteiger partial charge on any atom is -0.396 e. The van der Waals surface area contributed by atoms with Gasteiger partial charge in [-0.2, -0.15) is 0 Å². The van der Waals surface area contributed by atoms with Gasteiger partial charge in [-0.3, -0.25) is 9.80 Å². The molecule has 20 heavy (non-hydrogen) atoms. The molecule has 0 amide bonds. The first-order valence-corrected chi connectivity index (χ1v) is 7.74. The molecule has 0 aromatic heterocycles. The summed E-state index contributed by atoms with van der Waals surface area (Å²) in [6.45, 7) is 11.2. The van der Waals surface area contributed by atoms with E-state index in [9.17, 15) is 5.11 Å². The number of benzene rings is 1. The summed E-state index contributed by atoms with van der Waals surface area (Å²) in [6, 6.07) is 9.87. The van der Waals surface area contributed by atoms with E-state index in [1.54, 1.807) is 0 Å². The van der Waals surface area contributed by atoms with Crippen molar-refractivity contribution in [1.82, 2.24) is 9.80 Å². The van der Waals surface area contributed by atoms with Crippen LogP contribution < -0.4 is 0 Å². The first-order chi connectivity index (χ1) is 9.60. The molecule has 1 saturated heterocycles. The highest BCUT2D eigenvalue weighted by molar-refractivity contribution is 5.21. The number of hydrogen-bond acceptors (Lipinski definition) is 3. The van der Waals surface area contributed by atoms with E-state index >= 15 is 0 Å². The fourth-order valence-electron chi connectivity index (χ4n) is 3.11. The fraction of sp³-hybridized carbons (Fsp3) is 0.647. The van der Waals surface area contributed by atoms with Crippen LogP contribution in [0, 0.1) is 6.92 Å². The summed E-state index contributed by atoms with van der Waals surface area (Å²) in [4.78, 5) is 5.05. The molecule has 1 heterocycles. The Hall–Kier alpha value is -0.900. The van der Waals surface area contributed by atoms with Gasteiger partial charge in [-0.1, -0.05) is 29.8 Å². The normalized spacial score (nSPS) is 21.6. The van der Waals surface area contributed by atoms with Crippen molar-refractivity contribution in [3.63, 3.8) is 0 Å². The lowest BCUT2D eigenvalue weighted by Crippen LogP contribution is -2.55. The van der Waals surface area contributed by atoms with Crippen LogP contribution in [0.15, 0.2) is 24.3 Å². The Morgan fingerprint density at radius 1 is 1.20 bits per heavy atom. The Morgan fingerprint density at radius 3 is 2.50 bits per heavy atom. The van der Waals surface area contributed by atoms with Gasteiger partial charge in [0.25, 0.3) is 0 Å². The van der Waals surface area contributed by atoms with E-state index in [0.717, 1.165) is 32.6 Å². The predicted molar refractivity (Wildman–Crippen MR) is 83.8 cm³/mol. The summed E-state index contributed by atoms with van der Waals surface area (Å²) in [7, 11) is 0. The molecule has 3 nitrogen and oxygen atoms in total. The zero-order valence-electron chi connectivity index (χ0n) is 13.0. The Labute approximate surface area is 123 Å². The van der Waals surface area contributed by atoms with Gasteiger partial charge in [0, 0.05) is 44.9 Å². The number of hydrogen-bond donors (Lipinski definition) is 1. The van der Waals surface area contributed by atoms with Gasteiger partial charge >= 0.3 is 0 Å². The Kier molecular flexibility index (Phi) is 5.58. The number of rotatable bonds is 5. The topological polar surface area (TPSA) is 26.7 Å². The third-order valence-electron chi connectivity index (χ3n) is 4.26. The zero-order chi connectivity index (χ0) is 14.5. The maximum Gasteiger partial charge on any atom is 0.0446 e. The van der Waals surface area contributed by atoms with Crippen LogP contribution in [0.5, 0.6) is 0 Å². The molecule has 1 fully saturated rings. The van der Waals surface area contributed by atoms with Gasteiger partial charge in [-0.15, -0.1) is 0 Å². The first kappa shape index (κ1) is 15.5. The molecule has 1 unspecified atom stereocenters. The minimum absolute atomic E-state index is 0.284. The standard InChI is InChI=1S/C17H28N2O/c1-14(2)19-10-9-18(13-17(19)8-11-20)12-16-6-4-15(3)5-7-16/h4-7,14,17,20H,8-13H2,1-3H3. The second-order valence-corrected chi connectivity index (χ2v) is 6.22. The van der Waals surface area contributed by atoms with Gasteiger partial charge in [0.05, 0.1) is 0 Å². The van der Waals surface area contributed by atoms with Gasteiger partial charge in [0.2, 0.25) is 0 Å². The number of aliphatic hydroxyl groups is 1. The molecule has 1 atom stereocenters.